The molecule has 0 aliphatic carbocycles. The highest BCUT2D eigenvalue weighted by molar-refractivity contribution is 6.31. The number of benzene rings is 1. The largest absolute Gasteiger partial charge is 0.299 e. The molecule has 1 aromatic carbocycles. The maximum Gasteiger partial charge on any atom is 0.0451 e. The van der Waals surface area contributed by atoms with E-state index in [1.54, 1.807) is 0 Å². The Kier molecular flexibility index (Phi) is 4.73. The van der Waals surface area contributed by atoms with Crippen molar-refractivity contribution in [3.8, 4) is 0 Å². The molecule has 2 rings (SSSR count). The third kappa shape index (κ3) is 2.88. The van der Waals surface area contributed by atoms with Crippen molar-refractivity contribution in [1.82, 2.24) is 4.90 Å². The summed E-state index contributed by atoms with van der Waals surface area (Å²) in [6, 6.07) is 8.11. The van der Waals surface area contributed by atoms with Crippen LogP contribution in [-0.2, 0) is 6.54 Å². The summed E-state index contributed by atoms with van der Waals surface area (Å²) >= 11 is 6.08. The first-order valence-electron chi connectivity index (χ1n) is 4.82. The third-order valence-corrected chi connectivity index (χ3v) is 2.92. The topological polar surface area (TPSA) is 3.24 Å². The molecule has 0 amide bonds. The first-order valence-corrected chi connectivity index (χ1v) is 5.20. The molecule has 1 nitrogen and oxygen atoms in total. The average Bonchev–Trinajstić information content (AvgIpc) is 2.61. The molecule has 1 aliphatic rings. The summed E-state index contributed by atoms with van der Waals surface area (Å²) in [7, 11) is 0. The molecule has 1 saturated heterocycles. The molecule has 0 bridgehead atoms. The number of hydrogen-bond acceptors (Lipinski definition) is 1. The summed E-state index contributed by atoms with van der Waals surface area (Å²) in [6.07, 6.45) is 2.68. The van der Waals surface area contributed by atoms with Gasteiger partial charge in [0.25, 0.3) is 0 Å². The fraction of sp³-hybridized carbons (Fsp3) is 0.455. The van der Waals surface area contributed by atoms with E-state index in [4.69, 9.17) is 11.6 Å². The van der Waals surface area contributed by atoms with Gasteiger partial charge in [0, 0.05) is 11.6 Å². The van der Waals surface area contributed by atoms with E-state index in [2.05, 4.69) is 17.0 Å². The SMILES string of the molecule is Cl.Clc1ccccc1CN1CCCC1. The van der Waals surface area contributed by atoms with Gasteiger partial charge in [-0.2, -0.15) is 0 Å². The molecule has 14 heavy (non-hydrogen) atoms. The highest BCUT2D eigenvalue weighted by Gasteiger charge is 2.12. The van der Waals surface area contributed by atoms with E-state index < -0.39 is 0 Å². The lowest BCUT2D eigenvalue weighted by Crippen LogP contribution is -2.18. The van der Waals surface area contributed by atoms with E-state index >= 15 is 0 Å². The molecule has 0 spiro atoms. The van der Waals surface area contributed by atoms with Crippen LogP contribution in [-0.4, -0.2) is 18.0 Å². The number of likely N-dealkylation sites (tertiary alicyclic amines) is 1. The molecule has 78 valence electrons. The molecule has 0 aromatic heterocycles. The molecule has 1 heterocycles. The third-order valence-electron chi connectivity index (χ3n) is 2.55. The zero-order valence-corrected chi connectivity index (χ0v) is 9.65. The monoisotopic (exact) mass is 231 g/mol. The Morgan fingerprint density at radius 2 is 1.79 bits per heavy atom. The lowest BCUT2D eigenvalue weighted by atomic mass is 10.2. The number of nitrogens with zero attached hydrogens (tertiary/aromatic N) is 1. The molecular formula is C11H15Cl2N. The molecule has 1 fully saturated rings. The molecule has 0 radical (unpaired) electrons. The predicted molar refractivity (Wildman–Crippen MR) is 63.2 cm³/mol. The van der Waals surface area contributed by atoms with Gasteiger partial charge in [0.1, 0.15) is 0 Å². The molecule has 0 atom stereocenters. The van der Waals surface area contributed by atoms with E-state index in [1.165, 1.54) is 31.5 Å². The van der Waals surface area contributed by atoms with Crippen LogP contribution in [0.3, 0.4) is 0 Å². The van der Waals surface area contributed by atoms with Crippen LogP contribution in [0.5, 0.6) is 0 Å². The fourth-order valence-electron chi connectivity index (χ4n) is 1.81. The van der Waals surface area contributed by atoms with Gasteiger partial charge in [-0.25, -0.2) is 0 Å². The Morgan fingerprint density at radius 3 is 2.43 bits per heavy atom. The fourth-order valence-corrected chi connectivity index (χ4v) is 2.00. The maximum atomic E-state index is 6.08. The summed E-state index contributed by atoms with van der Waals surface area (Å²) < 4.78 is 0. The van der Waals surface area contributed by atoms with Crippen molar-refractivity contribution in [2.75, 3.05) is 13.1 Å². The second-order valence-corrected chi connectivity index (χ2v) is 3.98. The molecule has 0 unspecified atom stereocenters. The van der Waals surface area contributed by atoms with E-state index in [9.17, 15) is 0 Å². The Labute approximate surface area is 96.5 Å². The van der Waals surface area contributed by atoms with Crippen LogP contribution in [0.1, 0.15) is 18.4 Å². The van der Waals surface area contributed by atoms with Crippen LogP contribution in [0, 0.1) is 0 Å². The van der Waals surface area contributed by atoms with E-state index in [0.717, 1.165) is 11.6 Å². The highest BCUT2D eigenvalue weighted by atomic mass is 35.5. The van der Waals surface area contributed by atoms with Gasteiger partial charge in [-0.15, -0.1) is 12.4 Å². The summed E-state index contributed by atoms with van der Waals surface area (Å²) in [4.78, 5) is 2.46. The normalized spacial score (nSPS) is 16.6. The summed E-state index contributed by atoms with van der Waals surface area (Å²) in [6.45, 7) is 3.47. The summed E-state index contributed by atoms with van der Waals surface area (Å²) in [5.74, 6) is 0. The van der Waals surface area contributed by atoms with Gasteiger partial charge in [-0.3, -0.25) is 4.90 Å². The number of halogens is 2. The van der Waals surface area contributed by atoms with Gasteiger partial charge in [0.05, 0.1) is 0 Å². The molecule has 0 saturated carbocycles. The first-order chi connectivity index (χ1) is 6.36. The Morgan fingerprint density at radius 1 is 1.14 bits per heavy atom. The lowest BCUT2D eigenvalue weighted by Gasteiger charge is -2.15. The minimum atomic E-state index is 0. The minimum absolute atomic E-state index is 0. The zero-order valence-electron chi connectivity index (χ0n) is 8.08. The van der Waals surface area contributed by atoms with E-state index in [0.29, 0.717) is 0 Å². The Balaban J connectivity index is 0.000000980. The van der Waals surface area contributed by atoms with Gasteiger partial charge in [0.2, 0.25) is 0 Å². The lowest BCUT2D eigenvalue weighted by molar-refractivity contribution is 0.331. The minimum Gasteiger partial charge on any atom is -0.299 e. The first kappa shape index (κ1) is 11.8. The standard InChI is InChI=1S/C11H14ClN.ClH/c12-11-6-2-1-5-10(11)9-13-7-3-4-8-13;/h1-2,5-6H,3-4,7-9H2;1H. The van der Waals surface area contributed by atoms with Crippen molar-refractivity contribution in [2.45, 2.75) is 19.4 Å². The van der Waals surface area contributed by atoms with Gasteiger partial charge >= 0.3 is 0 Å². The van der Waals surface area contributed by atoms with Crippen molar-refractivity contribution in [1.29, 1.82) is 0 Å². The van der Waals surface area contributed by atoms with Gasteiger partial charge in [-0.1, -0.05) is 29.8 Å². The van der Waals surface area contributed by atoms with Crippen molar-refractivity contribution in [3.05, 3.63) is 34.9 Å². The Hall–Kier alpha value is -0.240. The van der Waals surface area contributed by atoms with Crippen molar-refractivity contribution in [2.24, 2.45) is 0 Å². The van der Waals surface area contributed by atoms with Crippen LogP contribution in [0.25, 0.3) is 0 Å². The second kappa shape index (κ2) is 5.59. The van der Waals surface area contributed by atoms with Gasteiger partial charge in [-0.05, 0) is 37.6 Å². The van der Waals surface area contributed by atoms with E-state index in [-0.39, 0.29) is 12.4 Å². The highest BCUT2D eigenvalue weighted by Crippen LogP contribution is 2.19. The second-order valence-electron chi connectivity index (χ2n) is 3.57. The molecule has 3 heteroatoms. The average molecular weight is 232 g/mol. The summed E-state index contributed by atoms with van der Waals surface area (Å²) in [5.41, 5.74) is 1.26. The van der Waals surface area contributed by atoms with Crippen molar-refractivity contribution >= 4 is 24.0 Å². The smallest absolute Gasteiger partial charge is 0.0451 e. The van der Waals surface area contributed by atoms with Crippen LogP contribution >= 0.6 is 24.0 Å². The van der Waals surface area contributed by atoms with Crippen molar-refractivity contribution < 1.29 is 0 Å². The number of rotatable bonds is 2. The van der Waals surface area contributed by atoms with Gasteiger partial charge in [0.15, 0.2) is 0 Å². The quantitative estimate of drug-likeness (QED) is 0.755. The zero-order chi connectivity index (χ0) is 9.10. The van der Waals surface area contributed by atoms with Gasteiger partial charge < -0.3 is 0 Å². The maximum absolute atomic E-state index is 6.08. The molecule has 1 aromatic rings. The molecular weight excluding hydrogens is 217 g/mol. The van der Waals surface area contributed by atoms with Crippen LogP contribution in [0.15, 0.2) is 24.3 Å². The molecule has 0 N–H and O–H groups in total. The predicted octanol–water partition coefficient (Wildman–Crippen LogP) is 3.36. The Bertz CT molecular complexity index is 282. The van der Waals surface area contributed by atoms with Crippen LogP contribution in [0.4, 0.5) is 0 Å². The number of hydrogen-bond donors (Lipinski definition) is 0. The summed E-state index contributed by atoms with van der Waals surface area (Å²) in [5, 5.41) is 0.898. The van der Waals surface area contributed by atoms with E-state index in [1.807, 2.05) is 12.1 Å². The van der Waals surface area contributed by atoms with Crippen LogP contribution < -0.4 is 0 Å². The molecule has 1 aliphatic heterocycles. The van der Waals surface area contributed by atoms with Crippen molar-refractivity contribution in [3.63, 3.8) is 0 Å². The van der Waals surface area contributed by atoms with Crippen LogP contribution in [0.2, 0.25) is 5.02 Å².